The molecule has 0 aliphatic carbocycles. The average molecular weight is 346 g/mol. The Hall–Kier alpha value is -1.97. The minimum absolute atomic E-state index is 0.430. The van der Waals surface area contributed by atoms with Crippen molar-refractivity contribution >= 4 is 27.3 Å². The second kappa shape index (κ2) is 5.19. The third-order valence-electron chi connectivity index (χ3n) is 2.72. The minimum atomic E-state index is 0.430. The van der Waals surface area contributed by atoms with Gasteiger partial charge in [0, 0.05) is 10.0 Å². The zero-order valence-electron chi connectivity index (χ0n) is 10.4. The number of aryl methyl sites for hydroxylation is 1. The first kappa shape index (κ1) is 13.0. The number of rotatable bonds is 2. The highest BCUT2D eigenvalue weighted by Crippen LogP contribution is 2.31. The van der Waals surface area contributed by atoms with Crippen molar-refractivity contribution in [2.45, 2.75) is 6.92 Å². The monoisotopic (exact) mass is 345 g/mol. The molecular weight excluding hydrogens is 338 g/mol. The summed E-state index contributed by atoms with van der Waals surface area (Å²) in [7, 11) is 0. The van der Waals surface area contributed by atoms with Gasteiger partial charge in [0.15, 0.2) is 0 Å². The number of hydrogen-bond donors (Lipinski definition) is 0. The van der Waals surface area contributed by atoms with Gasteiger partial charge in [-0.25, -0.2) is 0 Å². The quantitative estimate of drug-likeness (QED) is 0.690. The third-order valence-corrected chi connectivity index (χ3v) is 4.35. The topological polar surface area (TPSA) is 62.7 Å². The molecule has 0 fully saturated rings. The highest BCUT2D eigenvalue weighted by Gasteiger charge is 2.14. The maximum absolute atomic E-state index is 8.83. The summed E-state index contributed by atoms with van der Waals surface area (Å²) in [4.78, 5) is 5.80. The molecule has 0 unspecified atom stereocenters. The van der Waals surface area contributed by atoms with Crippen LogP contribution in [0.5, 0.6) is 0 Å². The van der Waals surface area contributed by atoms with Gasteiger partial charge in [-0.05, 0) is 36.8 Å². The minimum Gasteiger partial charge on any atom is -0.333 e. The zero-order valence-corrected chi connectivity index (χ0v) is 12.8. The summed E-state index contributed by atoms with van der Waals surface area (Å²) in [5, 5.41) is 12.8. The smallest absolute Gasteiger partial charge is 0.268 e. The van der Waals surface area contributed by atoms with E-state index in [2.05, 4.69) is 32.1 Å². The van der Waals surface area contributed by atoms with Crippen molar-refractivity contribution in [3.05, 3.63) is 45.2 Å². The van der Waals surface area contributed by atoms with E-state index >= 15 is 0 Å². The molecule has 2 aromatic heterocycles. The number of hydrogen-bond acceptors (Lipinski definition) is 5. The van der Waals surface area contributed by atoms with Crippen LogP contribution in [0.25, 0.3) is 22.2 Å². The lowest BCUT2D eigenvalue weighted by Gasteiger charge is -1.99. The maximum Gasteiger partial charge on any atom is 0.268 e. The fraction of sp³-hybridized carbons (Fsp3) is 0.0714. The van der Waals surface area contributed by atoms with Gasteiger partial charge in [0.25, 0.3) is 5.89 Å². The van der Waals surface area contributed by atoms with Gasteiger partial charge < -0.3 is 4.52 Å². The highest BCUT2D eigenvalue weighted by molar-refractivity contribution is 9.10. The van der Waals surface area contributed by atoms with E-state index in [-0.39, 0.29) is 0 Å². The van der Waals surface area contributed by atoms with Gasteiger partial charge >= 0.3 is 0 Å². The van der Waals surface area contributed by atoms with Gasteiger partial charge in [-0.2, -0.15) is 10.2 Å². The molecule has 0 radical (unpaired) electrons. The summed E-state index contributed by atoms with van der Waals surface area (Å²) < 4.78 is 6.19. The predicted molar refractivity (Wildman–Crippen MR) is 80.2 cm³/mol. The van der Waals surface area contributed by atoms with Gasteiger partial charge in [0.1, 0.15) is 10.9 Å². The molecule has 0 amide bonds. The molecule has 0 aliphatic heterocycles. The molecule has 1 aromatic carbocycles. The van der Waals surface area contributed by atoms with Crippen LogP contribution >= 0.6 is 27.3 Å². The molecule has 98 valence electrons. The fourth-order valence-electron chi connectivity index (χ4n) is 1.75. The maximum atomic E-state index is 8.83. The van der Waals surface area contributed by atoms with Crippen molar-refractivity contribution in [1.29, 1.82) is 5.26 Å². The van der Waals surface area contributed by atoms with Gasteiger partial charge in [-0.15, -0.1) is 11.3 Å². The Morgan fingerprint density at radius 3 is 2.85 bits per heavy atom. The van der Waals surface area contributed by atoms with E-state index in [1.807, 2.05) is 31.2 Å². The van der Waals surface area contributed by atoms with E-state index < -0.39 is 0 Å². The van der Waals surface area contributed by atoms with Crippen molar-refractivity contribution < 1.29 is 4.52 Å². The lowest BCUT2D eigenvalue weighted by Crippen LogP contribution is -1.83. The van der Waals surface area contributed by atoms with Crippen LogP contribution in [0.3, 0.4) is 0 Å². The molecule has 2 heterocycles. The van der Waals surface area contributed by atoms with Crippen molar-refractivity contribution in [3.63, 3.8) is 0 Å². The number of nitrogens with zero attached hydrogens (tertiary/aromatic N) is 3. The van der Waals surface area contributed by atoms with Gasteiger partial charge in [0.05, 0.1) is 4.88 Å². The van der Waals surface area contributed by atoms with E-state index in [0.717, 1.165) is 20.5 Å². The Kier molecular flexibility index (Phi) is 3.38. The number of nitriles is 1. The first-order chi connectivity index (χ1) is 9.67. The Morgan fingerprint density at radius 2 is 2.15 bits per heavy atom. The zero-order chi connectivity index (χ0) is 14.1. The first-order valence-corrected chi connectivity index (χ1v) is 7.39. The van der Waals surface area contributed by atoms with Crippen LogP contribution in [0.1, 0.15) is 10.4 Å². The normalized spacial score (nSPS) is 10.4. The molecule has 0 aliphatic rings. The predicted octanol–water partition coefficient (Wildman–Crippen LogP) is 4.41. The molecular formula is C14H8BrN3OS. The Morgan fingerprint density at radius 1 is 1.30 bits per heavy atom. The second-order valence-corrected chi connectivity index (χ2v) is 6.12. The number of thiophene rings is 1. The SMILES string of the molecule is Cc1ccc(-c2noc(-c3ccc(C#N)s3)n2)c(Br)c1. The van der Waals surface area contributed by atoms with Crippen molar-refractivity contribution in [2.24, 2.45) is 0 Å². The third kappa shape index (κ3) is 2.38. The lowest BCUT2D eigenvalue weighted by atomic mass is 10.1. The molecule has 0 N–H and O–H groups in total. The van der Waals surface area contributed by atoms with Crippen LogP contribution in [0.2, 0.25) is 0 Å². The van der Waals surface area contributed by atoms with E-state index in [1.165, 1.54) is 11.3 Å². The van der Waals surface area contributed by atoms with E-state index in [1.54, 1.807) is 6.07 Å². The standard InChI is InChI=1S/C14H8BrN3OS/c1-8-2-4-10(11(15)6-8)13-17-14(19-18-13)12-5-3-9(7-16)20-12/h2-6H,1H3. The van der Waals surface area contributed by atoms with Gasteiger partial charge in [-0.1, -0.05) is 27.2 Å². The van der Waals surface area contributed by atoms with Crippen LogP contribution < -0.4 is 0 Å². The van der Waals surface area contributed by atoms with Crippen LogP contribution in [0.15, 0.2) is 39.3 Å². The molecule has 0 bridgehead atoms. The molecule has 0 saturated heterocycles. The summed E-state index contributed by atoms with van der Waals surface area (Å²) in [5.74, 6) is 0.956. The average Bonchev–Trinajstić information content (AvgIpc) is 3.07. The fourth-order valence-corrected chi connectivity index (χ4v) is 3.14. The number of aromatic nitrogens is 2. The first-order valence-electron chi connectivity index (χ1n) is 5.78. The molecule has 4 nitrogen and oxygen atoms in total. The van der Waals surface area contributed by atoms with E-state index in [0.29, 0.717) is 16.6 Å². The molecule has 3 aromatic rings. The molecule has 6 heteroatoms. The van der Waals surface area contributed by atoms with Crippen molar-refractivity contribution in [3.8, 4) is 28.2 Å². The molecule has 0 spiro atoms. The molecule has 0 atom stereocenters. The summed E-state index contributed by atoms with van der Waals surface area (Å²) in [6.07, 6.45) is 0. The van der Waals surface area contributed by atoms with Crippen LogP contribution in [-0.2, 0) is 0 Å². The Bertz CT molecular complexity index is 816. The molecule has 0 saturated carbocycles. The van der Waals surface area contributed by atoms with Gasteiger partial charge in [-0.3, -0.25) is 0 Å². The summed E-state index contributed by atoms with van der Waals surface area (Å²) in [6.45, 7) is 2.02. The van der Waals surface area contributed by atoms with Crippen LogP contribution in [0.4, 0.5) is 0 Å². The highest BCUT2D eigenvalue weighted by atomic mass is 79.9. The largest absolute Gasteiger partial charge is 0.333 e. The summed E-state index contributed by atoms with van der Waals surface area (Å²) in [5.41, 5.74) is 2.03. The van der Waals surface area contributed by atoms with E-state index in [9.17, 15) is 0 Å². The number of benzene rings is 1. The second-order valence-electron chi connectivity index (χ2n) is 4.18. The van der Waals surface area contributed by atoms with Crippen molar-refractivity contribution in [1.82, 2.24) is 10.1 Å². The van der Waals surface area contributed by atoms with Gasteiger partial charge in [0.2, 0.25) is 5.82 Å². The summed E-state index contributed by atoms with van der Waals surface area (Å²) >= 11 is 4.83. The molecule has 20 heavy (non-hydrogen) atoms. The lowest BCUT2D eigenvalue weighted by molar-refractivity contribution is 0.433. The van der Waals surface area contributed by atoms with Crippen molar-refractivity contribution in [2.75, 3.05) is 0 Å². The number of halogens is 1. The summed E-state index contributed by atoms with van der Waals surface area (Å²) in [6, 6.07) is 11.6. The Balaban J connectivity index is 2.00. The van der Waals surface area contributed by atoms with E-state index in [4.69, 9.17) is 9.78 Å². The van der Waals surface area contributed by atoms with Crippen LogP contribution in [0, 0.1) is 18.3 Å². The Labute approximate surface area is 127 Å². The molecule has 3 rings (SSSR count). The van der Waals surface area contributed by atoms with Crippen LogP contribution in [-0.4, -0.2) is 10.1 Å².